The van der Waals surface area contributed by atoms with Gasteiger partial charge in [-0.2, -0.15) is 0 Å². The topological polar surface area (TPSA) is 98.6 Å². The van der Waals surface area contributed by atoms with Crippen molar-refractivity contribution in [2.75, 3.05) is 0 Å². The number of nitrogens with zero attached hydrogens (tertiary/aromatic N) is 5. The van der Waals surface area contributed by atoms with Crippen LogP contribution in [0.4, 0.5) is 0 Å². The molecule has 0 saturated carbocycles. The normalized spacial score (nSPS) is 12.0. The highest BCUT2D eigenvalue weighted by Gasteiger charge is 2.40. The molecule has 0 spiro atoms. The number of benzene rings is 16. The average Bonchev–Trinajstić information content (AvgIpc) is 1.54. The summed E-state index contributed by atoms with van der Waals surface area (Å²) >= 11 is 0. The minimum absolute atomic E-state index is 0.619. The highest BCUT2D eigenvalue weighted by Crippen LogP contribution is 2.52. The van der Waals surface area contributed by atoms with Gasteiger partial charge in [-0.25, -0.2) is 24.9 Å². The van der Waals surface area contributed by atoms with Crippen LogP contribution in [0.25, 0.3) is 146 Å². The molecule has 19 rings (SSSR count). The maximum atomic E-state index is 15.0. The van der Waals surface area contributed by atoms with Crippen LogP contribution in [0.5, 0.6) is 0 Å². The molecule has 16 aromatic carbocycles. The van der Waals surface area contributed by atoms with Gasteiger partial charge in [0.25, 0.3) is 0 Å². The number of fused-ring (bicyclic) bond motifs is 4. The first-order valence-electron chi connectivity index (χ1n) is 36.8. The minimum Gasteiger partial charge on any atom is -0.309 e. The summed E-state index contributed by atoms with van der Waals surface area (Å²) in [6.07, 6.45) is 0. The Hall–Kier alpha value is -13.7. The summed E-state index contributed by atoms with van der Waals surface area (Å²) in [7, 11) is -6.03. The molecule has 1 aliphatic rings. The van der Waals surface area contributed by atoms with E-state index in [4.69, 9.17) is 24.9 Å². The lowest BCUT2D eigenvalue weighted by Crippen LogP contribution is -2.24. The van der Waals surface area contributed by atoms with E-state index in [1.807, 2.05) is 206 Å². The second-order valence-electron chi connectivity index (χ2n) is 27.3. The van der Waals surface area contributed by atoms with E-state index in [-0.39, 0.29) is 0 Å². The van der Waals surface area contributed by atoms with Gasteiger partial charge in [-0.05, 0) is 95.7 Å². The van der Waals surface area contributed by atoms with Crippen molar-refractivity contribution in [3.63, 3.8) is 0 Å². The minimum atomic E-state index is -3.07. The zero-order valence-corrected chi connectivity index (χ0v) is 61.6. The van der Waals surface area contributed by atoms with Gasteiger partial charge in [0.15, 0.2) is 37.6 Å². The molecule has 2 aromatic heterocycles. The summed E-state index contributed by atoms with van der Waals surface area (Å²) in [5, 5.41) is 7.45. The van der Waals surface area contributed by atoms with Crippen molar-refractivity contribution in [1.82, 2.24) is 24.9 Å². The number of aromatic nitrogens is 5. The Balaban J connectivity index is 0.000000154. The number of rotatable bonds is 15. The fourth-order valence-electron chi connectivity index (χ4n) is 15.0. The standard InChI is InChI=1S/C52H35N2OP.C49H34N3OP/c55-56(50-20-9-7-18-46(50)47-19-8-10-21-51(47)56)45-32-30-39(31-33-45)38-22-24-40(25-23-38)43-16-11-17-44(34-43)49-35-48(53-52(54-49)42-14-5-2-6-15-42)41-28-26-37(27-29-41)36-12-3-1-4-13-36;53-54(40-22-9-3-10-23-40,41-24-11-4-12-25-41)42-30-28-35(29-31-42)43-32-33-44(46-27-14-13-26-45(43)46)38-20-15-21-39(34-38)49-51-47(36-16-5-1-6-17-36)50-48(52-49)37-18-7-2-8-19-37/h1-35H;1-34H. The highest BCUT2D eigenvalue weighted by molar-refractivity contribution is 7.86. The van der Waals surface area contributed by atoms with Crippen molar-refractivity contribution in [3.05, 3.63) is 419 Å². The van der Waals surface area contributed by atoms with Crippen molar-refractivity contribution < 1.29 is 9.13 Å². The molecule has 1 aliphatic heterocycles. The van der Waals surface area contributed by atoms with Crippen molar-refractivity contribution in [2.45, 2.75) is 0 Å². The third-order valence-corrected chi connectivity index (χ3v) is 26.8. The Morgan fingerprint density at radius 2 is 0.509 bits per heavy atom. The van der Waals surface area contributed by atoms with Gasteiger partial charge in [-0.3, -0.25) is 0 Å². The van der Waals surface area contributed by atoms with E-state index >= 15 is 0 Å². The highest BCUT2D eigenvalue weighted by atomic mass is 31.2. The zero-order chi connectivity index (χ0) is 73.8. The van der Waals surface area contributed by atoms with E-state index in [1.165, 1.54) is 11.1 Å². The van der Waals surface area contributed by atoms with Crippen LogP contribution in [-0.4, -0.2) is 24.9 Å². The molecule has 18 aromatic rings. The second-order valence-corrected chi connectivity index (χ2v) is 32.7. The van der Waals surface area contributed by atoms with Gasteiger partial charge >= 0.3 is 0 Å². The lowest BCUT2D eigenvalue weighted by Gasteiger charge is -2.20. The summed E-state index contributed by atoms with van der Waals surface area (Å²) in [6.45, 7) is 0. The van der Waals surface area contributed by atoms with Crippen LogP contribution in [-0.2, 0) is 9.13 Å². The summed E-state index contributed by atoms with van der Waals surface area (Å²) in [4.78, 5) is 24.9. The Bertz CT molecular complexity index is 6320. The molecule has 0 amide bonds. The molecule has 7 nitrogen and oxygen atoms in total. The summed E-state index contributed by atoms with van der Waals surface area (Å²) in [5.74, 6) is 2.58. The summed E-state index contributed by atoms with van der Waals surface area (Å²) < 4.78 is 29.9. The van der Waals surface area contributed by atoms with E-state index in [1.54, 1.807) is 0 Å². The third kappa shape index (κ3) is 13.3. The predicted molar refractivity (Wildman–Crippen MR) is 457 cm³/mol. The van der Waals surface area contributed by atoms with Gasteiger partial charge < -0.3 is 9.13 Å². The van der Waals surface area contributed by atoms with Gasteiger partial charge in [-0.1, -0.05) is 400 Å². The van der Waals surface area contributed by atoms with Crippen LogP contribution in [0.15, 0.2) is 419 Å². The van der Waals surface area contributed by atoms with Crippen LogP contribution in [0.3, 0.4) is 0 Å². The quantitative estimate of drug-likeness (QED) is 0.0943. The molecule has 0 aliphatic carbocycles. The maximum absolute atomic E-state index is 15.0. The monoisotopic (exact) mass is 1450 g/mol. The molecule has 0 N–H and O–H groups in total. The van der Waals surface area contributed by atoms with E-state index < -0.39 is 14.3 Å². The molecular formula is C101H69N5O2P2. The number of hydrogen-bond acceptors (Lipinski definition) is 7. The molecule has 3 heterocycles. The molecule has 520 valence electrons. The molecule has 110 heavy (non-hydrogen) atoms. The lowest BCUT2D eigenvalue weighted by molar-refractivity contribution is 0.592. The van der Waals surface area contributed by atoms with Crippen LogP contribution < -0.4 is 31.8 Å². The Morgan fingerprint density at radius 1 is 0.200 bits per heavy atom. The Kier molecular flexibility index (Phi) is 18.6. The van der Waals surface area contributed by atoms with Crippen molar-refractivity contribution >= 4 is 56.9 Å². The molecule has 9 heteroatoms. The number of hydrogen-bond donors (Lipinski definition) is 0. The van der Waals surface area contributed by atoms with Gasteiger partial charge in [0.1, 0.15) is 0 Å². The van der Waals surface area contributed by atoms with Gasteiger partial charge in [0, 0.05) is 65.2 Å². The molecule has 0 bridgehead atoms. The van der Waals surface area contributed by atoms with Crippen LogP contribution in [0, 0.1) is 0 Å². The largest absolute Gasteiger partial charge is 0.309 e. The fourth-order valence-corrected chi connectivity index (χ4v) is 20.7. The van der Waals surface area contributed by atoms with E-state index in [9.17, 15) is 9.13 Å². The first kappa shape index (κ1) is 68.2. The lowest BCUT2D eigenvalue weighted by atomic mass is 9.91. The smallest absolute Gasteiger partial charge is 0.172 e. The molecule has 0 atom stereocenters. The fraction of sp³-hybridized carbons (Fsp3) is 0. The van der Waals surface area contributed by atoms with Crippen molar-refractivity contribution in [2.24, 2.45) is 0 Å². The molecule has 0 fully saturated rings. The summed E-state index contributed by atoms with van der Waals surface area (Å²) in [6, 6.07) is 142. The van der Waals surface area contributed by atoms with E-state index in [0.717, 1.165) is 143 Å². The van der Waals surface area contributed by atoms with Gasteiger partial charge in [0.2, 0.25) is 0 Å². The molecular weight excluding hydrogens is 1380 g/mol. The molecule has 0 radical (unpaired) electrons. The first-order chi connectivity index (χ1) is 54.3. The van der Waals surface area contributed by atoms with E-state index in [2.05, 4.69) is 212 Å². The third-order valence-electron chi connectivity index (χ3n) is 20.6. The van der Waals surface area contributed by atoms with Gasteiger partial charge in [0.05, 0.1) is 11.4 Å². The molecule has 0 saturated heterocycles. The Morgan fingerprint density at radius 3 is 1.00 bits per heavy atom. The SMILES string of the molecule is O=P(c1ccccc1)(c1ccccc1)c1ccc(-c2ccc(-c3cccc(-c4nc(-c5ccccc5)nc(-c5ccccc5)n4)c3)c3ccccc23)cc1.O=P1(c2ccc(-c3ccc(-c4cccc(-c5cc(-c6ccc(-c7ccccc7)cc6)nc(-c6ccccc6)n5)c4)cc3)cc2)c2ccccc2-c2ccccc21. The second kappa shape index (κ2) is 29.9. The maximum Gasteiger partial charge on any atom is 0.172 e. The van der Waals surface area contributed by atoms with Crippen LogP contribution in [0.2, 0.25) is 0 Å². The van der Waals surface area contributed by atoms with Crippen LogP contribution in [0.1, 0.15) is 0 Å². The summed E-state index contributed by atoms with van der Waals surface area (Å²) in [5.41, 5.74) is 20.8. The average molecular weight is 1450 g/mol. The van der Waals surface area contributed by atoms with Crippen LogP contribution >= 0.6 is 14.3 Å². The van der Waals surface area contributed by atoms with Crippen molar-refractivity contribution in [3.8, 4) is 135 Å². The zero-order valence-electron chi connectivity index (χ0n) is 59.8. The van der Waals surface area contributed by atoms with Crippen molar-refractivity contribution in [1.29, 1.82) is 0 Å². The Labute approximate surface area is 640 Å². The van der Waals surface area contributed by atoms with E-state index in [0.29, 0.717) is 23.3 Å². The van der Waals surface area contributed by atoms with Gasteiger partial charge in [-0.15, -0.1) is 0 Å². The molecule has 0 unspecified atom stereocenters. The first-order valence-corrected chi connectivity index (χ1v) is 40.2. The predicted octanol–water partition coefficient (Wildman–Crippen LogP) is 23.1.